The van der Waals surface area contributed by atoms with E-state index in [0.717, 1.165) is 101 Å². The number of hydrogen-bond acceptors (Lipinski definition) is 2. The molecular formula is C66H44N6. The van der Waals surface area contributed by atoms with Gasteiger partial charge in [-0.1, -0.05) is 152 Å². The molecule has 0 unspecified atom stereocenters. The number of nitrogens with zero attached hydrogens (tertiary/aromatic N) is 6. The number of aromatic nitrogens is 6. The van der Waals surface area contributed by atoms with Gasteiger partial charge in [-0.05, 0) is 86.1 Å². The number of pyridine rings is 2. The number of benzene rings is 9. The van der Waals surface area contributed by atoms with E-state index in [1.54, 1.807) is 0 Å². The van der Waals surface area contributed by atoms with Crippen LogP contribution in [0.1, 0.15) is 11.4 Å². The van der Waals surface area contributed by atoms with Crippen molar-refractivity contribution in [1.29, 1.82) is 0 Å². The smallest absolute Gasteiger partial charge is 0.0811 e. The first-order chi connectivity index (χ1) is 35.6. The highest BCUT2D eigenvalue weighted by Crippen LogP contribution is 2.54. The van der Waals surface area contributed by atoms with Gasteiger partial charge in [-0.15, -0.1) is 0 Å². The van der Waals surface area contributed by atoms with Crippen LogP contribution >= 0.6 is 0 Å². The summed E-state index contributed by atoms with van der Waals surface area (Å²) in [6, 6.07) is 80.2. The number of fused-ring (bicyclic) bond motifs is 12. The fraction of sp³-hybridized carbons (Fsp3) is 0.0303. The highest BCUT2D eigenvalue weighted by Gasteiger charge is 2.35. The van der Waals surface area contributed by atoms with Crippen molar-refractivity contribution >= 4 is 87.2 Å². The predicted octanol–water partition coefficient (Wildman–Crippen LogP) is 16.8. The maximum Gasteiger partial charge on any atom is 0.0811 e. The molecule has 6 nitrogen and oxygen atoms in total. The lowest BCUT2D eigenvalue weighted by Crippen LogP contribution is -2.16. The molecule has 0 aliphatic heterocycles. The lowest BCUT2D eigenvalue weighted by molar-refractivity contribution is 1.04. The van der Waals surface area contributed by atoms with Gasteiger partial charge in [-0.2, -0.15) is 0 Å². The molecule has 0 atom stereocenters. The second kappa shape index (κ2) is 15.5. The van der Waals surface area contributed by atoms with Gasteiger partial charge in [-0.3, -0.25) is 9.97 Å². The van der Waals surface area contributed by atoms with E-state index in [2.05, 4.69) is 251 Å². The molecule has 0 bridgehead atoms. The van der Waals surface area contributed by atoms with Gasteiger partial charge < -0.3 is 18.3 Å². The van der Waals surface area contributed by atoms with Gasteiger partial charge in [-0.25, -0.2) is 0 Å². The minimum absolute atomic E-state index is 0.942. The van der Waals surface area contributed by atoms with Crippen LogP contribution in [0.15, 0.2) is 231 Å². The van der Waals surface area contributed by atoms with E-state index in [4.69, 9.17) is 9.97 Å². The van der Waals surface area contributed by atoms with E-state index >= 15 is 0 Å². The van der Waals surface area contributed by atoms with Gasteiger partial charge in [0, 0.05) is 83.6 Å². The maximum atomic E-state index is 5.37. The van der Waals surface area contributed by atoms with Crippen molar-refractivity contribution in [2.45, 2.75) is 13.8 Å². The van der Waals surface area contributed by atoms with Crippen LogP contribution in [-0.4, -0.2) is 28.2 Å². The Balaban J connectivity index is 1.36. The molecule has 9 aromatic carbocycles. The summed E-state index contributed by atoms with van der Waals surface area (Å²) in [5.41, 5.74) is 19.2. The van der Waals surface area contributed by atoms with Crippen LogP contribution in [0.2, 0.25) is 0 Å². The largest absolute Gasteiger partial charge is 0.306 e. The summed E-state index contributed by atoms with van der Waals surface area (Å²) in [6.45, 7) is 4.28. The van der Waals surface area contributed by atoms with Gasteiger partial charge in [0.05, 0.1) is 66.9 Å². The van der Waals surface area contributed by atoms with E-state index in [-0.39, 0.29) is 0 Å². The Kier molecular flexibility index (Phi) is 8.69. The van der Waals surface area contributed by atoms with Crippen molar-refractivity contribution in [3.05, 3.63) is 242 Å². The monoisotopic (exact) mass is 920 g/mol. The minimum atomic E-state index is 0.942. The van der Waals surface area contributed by atoms with E-state index in [1.807, 2.05) is 12.4 Å². The number of para-hydroxylation sites is 8. The van der Waals surface area contributed by atoms with E-state index < -0.39 is 0 Å². The summed E-state index contributed by atoms with van der Waals surface area (Å²) < 4.78 is 10.3. The normalized spacial score (nSPS) is 12.0. The van der Waals surface area contributed by atoms with Gasteiger partial charge in [0.15, 0.2) is 0 Å². The first kappa shape index (κ1) is 40.4. The van der Waals surface area contributed by atoms with Gasteiger partial charge >= 0.3 is 0 Å². The number of rotatable bonds is 6. The zero-order chi connectivity index (χ0) is 47.6. The minimum Gasteiger partial charge on any atom is -0.306 e. The molecular weight excluding hydrogens is 877 g/mol. The Morgan fingerprint density at radius 1 is 0.278 bits per heavy atom. The third-order valence-corrected chi connectivity index (χ3v) is 15.1. The molecule has 338 valence electrons. The zero-order valence-corrected chi connectivity index (χ0v) is 39.6. The van der Waals surface area contributed by atoms with E-state index in [9.17, 15) is 0 Å². The molecule has 0 spiro atoms. The van der Waals surface area contributed by atoms with Crippen LogP contribution in [0.5, 0.6) is 0 Å². The van der Waals surface area contributed by atoms with E-state index in [1.165, 1.54) is 43.1 Å². The van der Waals surface area contributed by atoms with Crippen molar-refractivity contribution in [1.82, 2.24) is 28.2 Å². The Labute approximate surface area is 414 Å². The van der Waals surface area contributed by atoms with Crippen molar-refractivity contribution in [3.63, 3.8) is 0 Å². The molecule has 72 heavy (non-hydrogen) atoms. The number of hydrogen-bond donors (Lipinski definition) is 0. The first-order valence-corrected chi connectivity index (χ1v) is 24.7. The van der Waals surface area contributed by atoms with Crippen LogP contribution in [0.3, 0.4) is 0 Å². The second-order valence-corrected chi connectivity index (χ2v) is 18.9. The van der Waals surface area contributed by atoms with Crippen LogP contribution in [0, 0.1) is 13.8 Å². The summed E-state index contributed by atoms with van der Waals surface area (Å²) in [5.74, 6) is 0. The van der Waals surface area contributed by atoms with Crippen LogP contribution in [0.25, 0.3) is 132 Å². The summed E-state index contributed by atoms with van der Waals surface area (Å²) in [5, 5.41) is 9.46. The third kappa shape index (κ3) is 5.60. The topological polar surface area (TPSA) is 45.5 Å². The van der Waals surface area contributed by atoms with Crippen molar-refractivity contribution in [3.8, 4) is 45.0 Å². The summed E-state index contributed by atoms with van der Waals surface area (Å²) in [7, 11) is 0. The molecule has 6 aromatic heterocycles. The highest BCUT2D eigenvalue weighted by atomic mass is 15.1. The van der Waals surface area contributed by atoms with Gasteiger partial charge in [0.2, 0.25) is 0 Å². The molecule has 0 saturated heterocycles. The standard InChI is InChI=1S/C66H44N6/c1-41-35-36-44(42(2)68-41)62-65(71-57-31-15-7-23-49(57)50-24-8-16-32-58(50)71)63(69-53-27-11-3-19-45(53)46-20-4-12-28-54(46)69)61(43-37-39-67-40-38-43)64(70-55-29-13-5-21-47(55)48-22-6-14-30-56(48)70)66(62)72-59-33-17-9-25-51(59)52-26-10-18-34-60(52)72/h3-40H,1-2H3. The molecule has 15 aromatic rings. The average molecular weight is 921 g/mol. The first-order valence-electron chi connectivity index (χ1n) is 24.7. The molecule has 0 N–H and O–H groups in total. The molecule has 0 radical (unpaired) electrons. The lowest BCUT2D eigenvalue weighted by atomic mass is 9.89. The van der Waals surface area contributed by atoms with Crippen molar-refractivity contribution in [2.24, 2.45) is 0 Å². The molecule has 6 heterocycles. The highest BCUT2D eigenvalue weighted by molar-refractivity contribution is 6.18. The summed E-state index contributed by atoms with van der Waals surface area (Å²) >= 11 is 0. The van der Waals surface area contributed by atoms with Crippen molar-refractivity contribution in [2.75, 3.05) is 0 Å². The molecule has 0 fully saturated rings. The van der Waals surface area contributed by atoms with Gasteiger partial charge in [0.25, 0.3) is 0 Å². The molecule has 6 heteroatoms. The molecule has 0 saturated carbocycles. The third-order valence-electron chi connectivity index (χ3n) is 15.1. The maximum absolute atomic E-state index is 5.37. The Hall–Kier alpha value is -9.52. The molecule has 15 rings (SSSR count). The Morgan fingerprint density at radius 2 is 0.542 bits per heavy atom. The van der Waals surface area contributed by atoms with E-state index in [0.29, 0.717) is 0 Å². The van der Waals surface area contributed by atoms with Crippen LogP contribution < -0.4 is 0 Å². The summed E-state index contributed by atoms with van der Waals surface area (Å²) in [6.07, 6.45) is 3.89. The Bertz CT molecular complexity index is 4250. The van der Waals surface area contributed by atoms with Crippen LogP contribution in [-0.2, 0) is 0 Å². The molecule has 0 aliphatic carbocycles. The molecule has 0 aliphatic rings. The van der Waals surface area contributed by atoms with Crippen molar-refractivity contribution < 1.29 is 0 Å². The SMILES string of the molecule is Cc1ccc(-c2c(-n3c4ccccc4c4ccccc43)c(-n3c4ccccc4c4ccccc43)c(-c3ccncc3)c(-n3c4ccccc4c4ccccc43)c2-n2c3ccccc3c3ccccc32)c(C)n1. The average Bonchev–Trinajstić information content (AvgIpc) is 4.16. The molecule has 0 amide bonds. The van der Waals surface area contributed by atoms with Gasteiger partial charge in [0.1, 0.15) is 0 Å². The zero-order valence-electron chi connectivity index (χ0n) is 39.6. The fourth-order valence-corrected chi connectivity index (χ4v) is 12.2. The fourth-order valence-electron chi connectivity index (χ4n) is 12.2. The predicted molar refractivity (Wildman–Crippen MR) is 300 cm³/mol. The number of aryl methyl sites for hydroxylation is 2. The Morgan fingerprint density at radius 3 is 0.819 bits per heavy atom. The lowest BCUT2D eigenvalue weighted by Gasteiger charge is -2.31. The summed E-state index contributed by atoms with van der Waals surface area (Å²) in [4.78, 5) is 10.1. The van der Waals surface area contributed by atoms with Crippen LogP contribution in [0.4, 0.5) is 0 Å². The quantitative estimate of drug-likeness (QED) is 0.167. The second-order valence-electron chi connectivity index (χ2n) is 18.9.